The van der Waals surface area contributed by atoms with Crippen molar-refractivity contribution in [1.29, 1.82) is 0 Å². The van der Waals surface area contributed by atoms with Crippen LogP contribution in [0.1, 0.15) is 62.4 Å². The van der Waals surface area contributed by atoms with Crippen LogP contribution in [-0.2, 0) is 28.8 Å². The van der Waals surface area contributed by atoms with Gasteiger partial charge in [-0.3, -0.25) is 24.0 Å². The van der Waals surface area contributed by atoms with Crippen LogP contribution in [0.25, 0.3) is 0 Å². The fourth-order valence-corrected chi connectivity index (χ4v) is 1.51. The summed E-state index contributed by atoms with van der Waals surface area (Å²) in [6, 6.07) is 0. The van der Waals surface area contributed by atoms with Gasteiger partial charge in [-0.15, -0.1) is 0 Å². The second-order valence-electron chi connectivity index (χ2n) is 5.28. The summed E-state index contributed by atoms with van der Waals surface area (Å²) in [4.78, 5) is 64.0. The molecule has 0 aromatic carbocycles. The van der Waals surface area contributed by atoms with Gasteiger partial charge in [-0.1, -0.05) is 27.7 Å². The lowest BCUT2D eigenvalue weighted by Crippen LogP contribution is -2.24. The first kappa shape index (κ1) is 23.1. The zero-order chi connectivity index (χ0) is 18.7. The van der Waals surface area contributed by atoms with Gasteiger partial charge >= 0.3 is 5.97 Å². The van der Waals surface area contributed by atoms with Crippen LogP contribution in [0.4, 0.5) is 0 Å². The van der Waals surface area contributed by atoms with Crippen LogP contribution in [0.3, 0.4) is 0 Å². The highest BCUT2D eigenvalue weighted by Crippen LogP contribution is 2.08. The summed E-state index contributed by atoms with van der Waals surface area (Å²) in [5.74, 6) is -5.57. The Balaban J connectivity index is -0.0000000428. The van der Waals surface area contributed by atoms with E-state index in [1.165, 1.54) is 0 Å². The lowest BCUT2D eigenvalue weighted by atomic mass is 9.98. The monoisotopic (exact) mass is 340 g/mol. The van der Waals surface area contributed by atoms with Crippen LogP contribution in [0.5, 0.6) is 0 Å². The van der Waals surface area contributed by atoms with Crippen LogP contribution in [0, 0.1) is 11.8 Å². The molecule has 0 rings (SSSR count). The molecule has 0 aliphatic heterocycles. The van der Waals surface area contributed by atoms with E-state index < -0.39 is 47.2 Å². The van der Waals surface area contributed by atoms with E-state index in [1.807, 2.05) is 13.8 Å². The van der Waals surface area contributed by atoms with Gasteiger partial charge in [0.05, 0.1) is 6.42 Å². The standard InChI is InChI=1S/C9H12O4.C7H12O3.6H2/c1-5(2)9(13)8(12)4-7(11)6(3)10;1-3-5(4-2)6(8)7(9)10;;;;;;/h5H,4H2,1-3H3;5H,3-4H2,1-2H3,(H,9,10);6*1H. The summed E-state index contributed by atoms with van der Waals surface area (Å²) in [6.45, 7) is 7.84. The molecule has 0 saturated heterocycles. The SMILES string of the molecule is CC(=O)C(=O)CC(=O)C(=O)C(C)C.CCC(CC)C(=O)C(=O)O.[HH].[HH].[HH].[HH].[HH].[HH]. The van der Waals surface area contributed by atoms with E-state index in [0.29, 0.717) is 12.8 Å². The Morgan fingerprint density at radius 2 is 1.30 bits per heavy atom. The number of hydrogen-bond acceptors (Lipinski definition) is 6. The van der Waals surface area contributed by atoms with Crippen molar-refractivity contribution in [2.75, 3.05) is 0 Å². The Hall–Kier alpha value is -2.18. The molecule has 0 atom stereocenters. The molecule has 142 valence electrons. The van der Waals surface area contributed by atoms with Crippen molar-refractivity contribution < 1.29 is 42.4 Å². The lowest BCUT2D eigenvalue weighted by Gasteiger charge is -2.05. The molecular weight excluding hydrogens is 304 g/mol. The Labute approximate surface area is 144 Å². The molecule has 0 fully saturated rings. The maximum Gasteiger partial charge on any atom is 0.372 e. The van der Waals surface area contributed by atoms with Gasteiger partial charge in [0, 0.05) is 27.3 Å². The van der Waals surface area contributed by atoms with Crippen molar-refractivity contribution >= 4 is 34.9 Å². The molecule has 0 saturated carbocycles. The third kappa shape index (κ3) is 9.44. The Morgan fingerprint density at radius 1 is 0.870 bits per heavy atom. The van der Waals surface area contributed by atoms with E-state index in [9.17, 15) is 28.8 Å². The summed E-state index contributed by atoms with van der Waals surface area (Å²) >= 11 is 0. The number of carboxylic acid groups (broad SMARTS) is 1. The fourth-order valence-electron chi connectivity index (χ4n) is 1.51. The van der Waals surface area contributed by atoms with Crippen molar-refractivity contribution in [3.05, 3.63) is 0 Å². The van der Waals surface area contributed by atoms with Crippen LogP contribution >= 0.6 is 0 Å². The average molecular weight is 340 g/mol. The van der Waals surface area contributed by atoms with Crippen molar-refractivity contribution in [1.82, 2.24) is 0 Å². The van der Waals surface area contributed by atoms with E-state index in [2.05, 4.69) is 0 Å². The van der Waals surface area contributed by atoms with Crippen molar-refractivity contribution in [2.24, 2.45) is 11.8 Å². The third-order valence-corrected chi connectivity index (χ3v) is 3.08. The molecule has 0 aromatic rings. The molecule has 1 N–H and O–H groups in total. The summed E-state index contributed by atoms with van der Waals surface area (Å²) < 4.78 is 0. The van der Waals surface area contributed by atoms with Crippen LogP contribution in [0.15, 0.2) is 0 Å². The first-order valence-corrected chi connectivity index (χ1v) is 7.37. The number of rotatable bonds is 9. The summed E-state index contributed by atoms with van der Waals surface area (Å²) in [5, 5.41) is 8.27. The molecule has 0 amide bonds. The maximum atomic E-state index is 11.0. The van der Waals surface area contributed by atoms with Crippen molar-refractivity contribution in [3.8, 4) is 0 Å². The molecule has 0 aromatic heterocycles. The number of Topliss-reactive ketones (excluding diaryl/α,β-unsaturated/α-hetero) is 5. The predicted octanol–water partition coefficient (Wildman–Crippen LogP) is 2.88. The van der Waals surface area contributed by atoms with Gasteiger partial charge in [-0.05, 0) is 12.8 Å². The number of carbonyl (C=O) groups excluding carboxylic acids is 5. The number of ketones is 5. The molecule has 23 heavy (non-hydrogen) atoms. The average Bonchev–Trinajstić information content (AvgIpc) is 2.47. The van der Waals surface area contributed by atoms with Gasteiger partial charge in [0.2, 0.25) is 23.1 Å². The Morgan fingerprint density at radius 3 is 1.52 bits per heavy atom. The minimum atomic E-state index is -1.31. The summed E-state index contributed by atoms with van der Waals surface area (Å²) in [7, 11) is 0. The van der Waals surface area contributed by atoms with E-state index in [4.69, 9.17) is 5.11 Å². The van der Waals surface area contributed by atoms with Gasteiger partial charge in [0.1, 0.15) is 0 Å². The van der Waals surface area contributed by atoms with E-state index >= 15 is 0 Å². The van der Waals surface area contributed by atoms with Gasteiger partial charge in [0.25, 0.3) is 0 Å². The quantitative estimate of drug-likeness (QED) is 0.505. The molecule has 0 aliphatic carbocycles. The number of carboxylic acids is 1. The van der Waals surface area contributed by atoms with Crippen LogP contribution < -0.4 is 0 Å². The highest BCUT2D eigenvalue weighted by molar-refractivity contribution is 6.48. The molecule has 0 unspecified atom stereocenters. The minimum absolute atomic E-state index is 0. The molecule has 0 spiro atoms. The van der Waals surface area contributed by atoms with Crippen LogP contribution in [-0.4, -0.2) is 40.0 Å². The van der Waals surface area contributed by atoms with Gasteiger partial charge in [0.15, 0.2) is 5.78 Å². The molecule has 0 heterocycles. The largest absolute Gasteiger partial charge is 0.475 e. The zero-order valence-corrected chi connectivity index (χ0v) is 14.2. The summed E-state index contributed by atoms with van der Waals surface area (Å²) in [6.07, 6.45) is 0.635. The fraction of sp³-hybridized carbons (Fsp3) is 0.625. The second-order valence-corrected chi connectivity index (χ2v) is 5.28. The first-order chi connectivity index (χ1) is 10.5. The number of aliphatic carboxylic acids is 1. The predicted molar refractivity (Wildman–Crippen MR) is 94.6 cm³/mol. The normalized spacial score (nSPS) is 9.87. The topological polar surface area (TPSA) is 123 Å². The smallest absolute Gasteiger partial charge is 0.372 e. The molecule has 7 heteroatoms. The van der Waals surface area contributed by atoms with E-state index in [1.54, 1.807) is 13.8 Å². The number of hydrogen-bond donors (Lipinski definition) is 1. The van der Waals surface area contributed by atoms with Gasteiger partial charge in [-0.25, -0.2) is 4.79 Å². The number of carbonyl (C=O) groups is 6. The molecule has 0 radical (unpaired) electrons. The minimum Gasteiger partial charge on any atom is -0.475 e. The summed E-state index contributed by atoms with van der Waals surface area (Å²) in [5.41, 5.74) is 0. The van der Waals surface area contributed by atoms with E-state index in [0.717, 1.165) is 6.92 Å². The van der Waals surface area contributed by atoms with E-state index in [-0.39, 0.29) is 14.5 Å². The molecule has 7 nitrogen and oxygen atoms in total. The highest BCUT2D eigenvalue weighted by atomic mass is 16.4. The lowest BCUT2D eigenvalue weighted by molar-refractivity contribution is -0.151. The van der Waals surface area contributed by atoms with Gasteiger partial charge < -0.3 is 5.11 Å². The first-order valence-electron chi connectivity index (χ1n) is 7.37. The second kappa shape index (κ2) is 11.4. The Bertz CT molecular complexity index is 506. The van der Waals surface area contributed by atoms with Crippen molar-refractivity contribution in [2.45, 2.75) is 53.9 Å². The van der Waals surface area contributed by atoms with Crippen molar-refractivity contribution in [3.63, 3.8) is 0 Å². The molecular formula is C16H36O7. The third-order valence-electron chi connectivity index (χ3n) is 3.08. The maximum absolute atomic E-state index is 11.0. The molecule has 0 aliphatic rings. The Kier molecular flexibility index (Phi) is 11.4. The van der Waals surface area contributed by atoms with Gasteiger partial charge in [-0.2, -0.15) is 0 Å². The zero-order valence-electron chi connectivity index (χ0n) is 14.2. The highest BCUT2D eigenvalue weighted by Gasteiger charge is 2.22. The molecule has 0 bridgehead atoms. The van der Waals surface area contributed by atoms with Crippen LogP contribution in [0.2, 0.25) is 0 Å².